The van der Waals surface area contributed by atoms with Gasteiger partial charge in [0.1, 0.15) is 17.1 Å². The van der Waals surface area contributed by atoms with Gasteiger partial charge in [0.2, 0.25) is 0 Å². The van der Waals surface area contributed by atoms with E-state index >= 15 is 0 Å². The molecular formula is C22H21N3O5. The van der Waals surface area contributed by atoms with E-state index in [-0.39, 0.29) is 5.69 Å². The maximum absolute atomic E-state index is 13.0. The highest BCUT2D eigenvalue weighted by Crippen LogP contribution is 2.17. The van der Waals surface area contributed by atoms with Crippen LogP contribution in [0.2, 0.25) is 0 Å². The molecule has 8 heteroatoms. The number of ether oxygens (including phenoxy) is 1. The predicted molar refractivity (Wildman–Crippen MR) is 112 cm³/mol. The molecule has 0 aliphatic carbocycles. The molecule has 0 radical (unpaired) electrons. The molecule has 0 unspecified atom stereocenters. The fraction of sp³-hybridized carbons (Fsp3) is 0.136. The van der Waals surface area contributed by atoms with Crippen LogP contribution in [0.1, 0.15) is 16.1 Å². The van der Waals surface area contributed by atoms with E-state index in [9.17, 15) is 19.5 Å². The van der Waals surface area contributed by atoms with Gasteiger partial charge in [-0.2, -0.15) is 0 Å². The molecule has 0 spiro atoms. The zero-order chi connectivity index (χ0) is 21.8. The summed E-state index contributed by atoms with van der Waals surface area (Å²) < 4.78 is 8.09. The number of carbonyl (C=O) groups excluding carboxylic acids is 1. The Labute approximate surface area is 172 Å². The first-order valence-electron chi connectivity index (χ1n) is 9.08. The summed E-state index contributed by atoms with van der Waals surface area (Å²) in [6.45, 7) is 1.69. The Kier molecular flexibility index (Phi) is 5.87. The van der Waals surface area contributed by atoms with E-state index in [4.69, 9.17) is 4.74 Å². The Morgan fingerprint density at radius 2 is 1.70 bits per heavy atom. The largest absolute Gasteiger partial charge is 0.497 e. The highest BCUT2D eigenvalue weighted by Gasteiger charge is 2.20. The first-order valence-corrected chi connectivity index (χ1v) is 9.08. The maximum Gasteiger partial charge on any atom is 0.352 e. The van der Waals surface area contributed by atoms with Crippen molar-refractivity contribution < 1.29 is 19.4 Å². The van der Waals surface area contributed by atoms with Crippen molar-refractivity contribution in [3.8, 4) is 11.4 Å². The van der Waals surface area contributed by atoms with E-state index in [0.717, 1.165) is 6.08 Å². The van der Waals surface area contributed by atoms with Gasteiger partial charge in [0.25, 0.3) is 5.56 Å². The minimum absolute atomic E-state index is 0.0810. The Bertz CT molecular complexity index is 1170. The lowest BCUT2D eigenvalue weighted by atomic mass is 10.1. The van der Waals surface area contributed by atoms with E-state index in [2.05, 4.69) is 5.32 Å². The third-order valence-electron chi connectivity index (χ3n) is 4.69. The van der Waals surface area contributed by atoms with Gasteiger partial charge in [-0.3, -0.25) is 14.3 Å². The molecule has 0 fully saturated rings. The second-order valence-electron chi connectivity index (χ2n) is 6.52. The Balaban J connectivity index is 1.98. The second kappa shape index (κ2) is 8.52. The summed E-state index contributed by atoms with van der Waals surface area (Å²) in [6.07, 6.45) is 0.961. The lowest BCUT2D eigenvalue weighted by Crippen LogP contribution is -2.22. The number of benzene rings is 2. The lowest BCUT2D eigenvalue weighted by Gasteiger charge is -2.07. The molecule has 1 aromatic heterocycles. The van der Waals surface area contributed by atoms with Crippen molar-refractivity contribution in [1.29, 1.82) is 0 Å². The highest BCUT2D eigenvalue weighted by molar-refractivity contribution is 6.09. The first kappa shape index (κ1) is 20.7. The third-order valence-corrected chi connectivity index (χ3v) is 4.69. The molecule has 0 amide bonds. The number of methoxy groups -OCH3 is 1. The molecule has 0 saturated heterocycles. The van der Waals surface area contributed by atoms with E-state index in [1.54, 1.807) is 55.1 Å². The van der Waals surface area contributed by atoms with Crippen molar-refractivity contribution in [3.63, 3.8) is 0 Å². The number of para-hydroxylation sites is 1. The molecule has 0 saturated carbocycles. The lowest BCUT2D eigenvalue weighted by molar-refractivity contribution is -0.132. The minimum atomic E-state index is -1.36. The van der Waals surface area contributed by atoms with Crippen LogP contribution in [0.5, 0.6) is 5.75 Å². The van der Waals surface area contributed by atoms with E-state index in [1.807, 2.05) is 6.07 Å². The van der Waals surface area contributed by atoms with Gasteiger partial charge in [-0.15, -0.1) is 0 Å². The first-order chi connectivity index (χ1) is 14.3. The number of aliphatic carboxylic acids is 1. The van der Waals surface area contributed by atoms with Crippen LogP contribution in [0.3, 0.4) is 0 Å². The number of anilines is 1. The SMILES string of the molecule is COc1ccc(C(=O)C=C(Nc2c(C)n(C)n(-c3ccccc3)c2=O)C(=O)O)cc1. The maximum atomic E-state index is 13.0. The molecule has 2 N–H and O–H groups in total. The monoisotopic (exact) mass is 407 g/mol. The molecule has 0 atom stereocenters. The molecule has 1 heterocycles. The second-order valence-corrected chi connectivity index (χ2v) is 6.52. The highest BCUT2D eigenvalue weighted by atomic mass is 16.5. The number of carbonyl (C=O) groups is 2. The van der Waals surface area contributed by atoms with E-state index in [1.165, 1.54) is 23.9 Å². The number of allylic oxidation sites excluding steroid dienone is 1. The summed E-state index contributed by atoms with van der Waals surface area (Å²) in [5.74, 6) is -1.29. The van der Waals surface area contributed by atoms with Crippen molar-refractivity contribution in [2.75, 3.05) is 12.4 Å². The van der Waals surface area contributed by atoms with E-state index < -0.39 is 23.0 Å². The number of aromatic nitrogens is 2. The standard InChI is InChI=1S/C22H21N3O5/c1-14-20(21(27)25(24(14)2)16-7-5-4-6-8-16)23-18(22(28)29)13-19(26)15-9-11-17(30-3)12-10-15/h4-13,23H,1-3H3,(H,28,29). The van der Waals surface area contributed by atoms with Gasteiger partial charge < -0.3 is 15.2 Å². The minimum Gasteiger partial charge on any atom is -0.497 e. The average Bonchev–Trinajstić information content (AvgIpc) is 2.96. The van der Waals surface area contributed by atoms with Gasteiger partial charge in [0, 0.05) is 18.7 Å². The smallest absolute Gasteiger partial charge is 0.352 e. The molecule has 154 valence electrons. The van der Waals surface area contributed by atoms with Crippen LogP contribution >= 0.6 is 0 Å². The normalized spacial score (nSPS) is 11.2. The van der Waals surface area contributed by atoms with Crippen LogP contribution in [-0.4, -0.2) is 33.3 Å². The van der Waals surface area contributed by atoms with Crippen molar-refractivity contribution in [1.82, 2.24) is 9.36 Å². The summed E-state index contributed by atoms with van der Waals surface area (Å²) >= 11 is 0. The number of hydrogen-bond acceptors (Lipinski definition) is 5. The van der Waals surface area contributed by atoms with Gasteiger partial charge >= 0.3 is 5.97 Å². The fourth-order valence-corrected chi connectivity index (χ4v) is 2.97. The van der Waals surface area contributed by atoms with Crippen LogP contribution in [0, 0.1) is 6.92 Å². The summed E-state index contributed by atoms with van der Waals surface area (Å²) in [4.78, 5) is 37.2. The Morgan fingerprint density at radius 1 is 1.07 bits per heavy atom. The average molecular weight is 407 g/mol. The van der Waals surface area contributed by atoms with Crippen LogP contribution < -0.4 is 15.6 Å². The molecule has 3 aromatic rings. The molecule has 2 aromatic carbocycles. The van der Waals surface area contributed by atoms with Crippen LogP contribution in [-0.2, 0) is 11.8 Å². The Hall–Kier alpha value is -4.07. The zero-order valence-corrected chi connectivity index (χ0v) is 16.7. The van der Waals surface area contributed by atoms with Crippen molar-refractivity contribution in [2.24, 2.45) is 7.05 Å². The summed E-state index contributed by atoms with van der Waals surface area (Å²) in [6, 6.07) is 15.3. The number of carboxylic acids is 1. The van der Waals surface area contributed by atoms with Gasteiger partial charge in [0.15, 0.2) is 5.78 Å². The Morgan fingerprint density at radius 3 is 2.27 bits per heavy atom. The van der Waals surface area contributed by atoms with Gasteiger partial charge in [-0.1, -0.05) is 18.2 Å². The van der Waals surface area contributed by atoms with E-state index in [0.29, 0.717) is 22.7 Å². The van der Waals surface area contributed by atoms with Gasteiger partial charge in [-0.05, 0) is 43.3 Å². The van der Waals surface area contributed by atoms with Crippen molar-refractivity contribution >= 4 is 17.4 Å². The summed E-state index contributed by atoms with van der Waals surface area (Å²) in [5.41, 5.74) is 0.705. The molecule has 0 bridgehead atoms. The summed E-state index contributed by atoms with van der Waals surface area (Å²) in [7, 11) is 3.20. The fourth-order valence-electron chi connectivity index (χ4n) is 2.97. The quantitative estimate of drug-likeness (QED) is 0.461. The van der Waals surface area contributed by atoms with Crippen molar-refractivity contribution in [2.45, 2.75) is 6.92 Å². The number of rotatable bonds is 7. The van der Waals surface area contributed by atoms with Crippen LogP contribution in [0.25, 0.3) is 5.69 Å². The number of nitrogens with one attached hydrogen (secondary N) is 1. The number of nitrogens with zero attached hydrogens (tertiary/aromatic N) is 2. The van der Waals surface area contributed by atoms with Crippen molar-refractivity contribution in [3.05, 3.63) is 88.0 Å². The molecule has 8 nitrogen and oxygen atoms in total. The molecule has 0 aliphatic heterocycles. The summed E-state index contributed by atoms with van der Waals surface area (Å²) in [5, 5.41) is 12.2. The zero-order valence-electron chi connectivity index (χ0n) is 16.7. The van der Waals surface area contributed by atoms with Crippen LogP contribution in [0.4, 0.5) is 5.69 Å². The van der Waals surface area contributed by atoms with Gasteiger partial charge in [0.05, 0.1) is 18.5 Å². The predicted octanol–water partition coefficient (Wildman–Crippen LogP) is 2.76. The topological polar surface area (TPSA) is 103 Å². The molecule has 3 rings (SSSR count). The third kappa shape index (κ3) is 4.02. The molecular weight excluding hydrogens is 386 g/mol. The van der Waals surface area contributed by atoms with Crippen LogP contribution in [0.15, 0.2) is 71.2 Å². The molecule has 0 aliphatic rings. The number of carboxylic acid groups (broad SMARTS) is 1. The number of ketones is 1. The number of hydrogen-bond donors (Lipinski definition) is 2. The van der Waals surface area contributed by atoms with Gasteiger partial charge in [-0.25, -0.2) is 9.48 Å². The molecule has 30 heavy (non-hydrogen) atoms.